The zero-order valence-corrected chi connectivity index (χ0v) is 14.2. The van der Waals surface area contributed by atoms with Crippen LogP contribution >= 0.6 is 0 Å². The topological polar surface area (TPSA) is 54.0 Å². The fourth-order valence-electron chi connectivity index (χ4n) is 2.48. The summed E-state index contributed by atoms with van der Waals surface area (Å²) < 4.78 is 0. The first-order valence-corrected chi connectivity index (χ1v) is 7.60. The summed E-state index contributed by atoms with van der Waals surface area (Å²) in [6.45, 7) is 12.4. The second-order valence-electron chi connectivity index (χ2n) is 5.90. The Morgan fingerprint density at radius 2 is 1.83 bits per heavy atom. The lowest BCUT2D eigenvalue weighted by molar-refractivity contribution is -0.112. The molecule has 0 radical (unpaired) electrons. The van der Waals surface area contributed by atoms with Crippen molar-refractivity contribution in [1.29, 1.82) is 0 Å². The molecule has 0 fully saturated rings. The molecule has 4 nitrogen and oxygen atoms in total. The maximum Gasteiger partial charge on any atom is 0.250 e. The van der Waals surface area contributed by atoms with Gasteiger partial charge in [0.05, 0.1) is 11.9 Å². The Bertz CT molecular complexity index is 710. The maximum atomic E-state index is 11.6. The average Bonchev–Trinajstić information content (AvgIpc) is 2.47. The Labute approximate surface area is 137 Å². The Hall–Kier alpha value is -2.62. The number of nitrogens with zero attached hydrogens (tertiary/aromatic N) is 1. The van der Waals surface area contributed by atoms with Crippen LogP contribution < -0.4 is 10.6 Å². The van der Waals surface area contributed by atoms with Gasteiger partial charge in [0.15, 0.2) is 0 Å². The van der Waals surface area contributed by atoms with Crippen molar-refractivity contribution in [2.24, 2.45) is 0 Å². The molecule has 0 aliphatic carbocycles. The van der Waals surface area contributed by atoms with Gasteiger partial charge in [0.1, 0.15) is 5.82 Å². The molecular formula is C19H23N3O. The van der Waals surface area contributed by atoms with Gasteiger partial charge in [0, 0.05) is 12.1 Å². The van der Waals surface area contributed by atoms with Gasteiger partial charge in [-0.05, 0) is 56.5 Å². The summed E-state index contributed by atoms with van der Waals surface area (Å²) in [6, 6.07) is 8.05. The van der Waals surface area contributed by atoms with Crippen LogP contribution in [0.1, 0.15) is 29.2 Å². The number of aromatic nitrogens is 1. The smallest absolute Gasteiger partial charge is 0.250 e. The molecule has 23 heavy (non-hydrogen) atoms. The van der Waals surface area contributed by atoms with Crippen LogP contribution in [-0.2, 0) is 11.3 Å². The van der Waals surface area contributed by atoms with Crippen LogP contribution in [0.5, 0.6) is 0 Å². The number of aryl methyl sites for hydroxylation is 3. The number of rotatable bonds is 5. The third-order valence-electron chi connectivity index (χ3n) is 3.70. The lowest BCUT2D eigenvalue weighted by atomic mass is 10.00. The average molecular weight is 309 g/mol. The van der Waals surface area contributed by atoms with E-state index in [1.54, 1.807) is 13.1 Å². The lowest BCUT2D eigenvalue weighted by Gasteiger charge is -2.13. The third-order valence-corrected chi connectivity index (χ3v) is 3.70. The van der Waals surface area contributed by atoms with Crippen LogP contribution in [0.25, 0.3) is 0 Å². The predicted octanol–water partition coefficient (Wildman–Crippen LogP) is 4.13. The summed E-state index contributed by atoms with van der Waals surface area (Å²) in [7, 11) is 0. The number of hydrogen-bond donors (Lipinski definition) is 2. The van der Waals surface area contributed by atoms with Crippen molar-refractivity contribution >= 4 is 17.4 Å². The zero-order chi connectivity index (χ0) is 17.0. The molecule has 0 aliphatic heterocycles. The molecule has 1 amide bonds. The standard InChI is InChI=1S/C19H23N3O/c1-12(2)19(23)22-16-6-7-18(20-10-16)21-11-17-14(4)8-13(3)9-15(17)5/h6-10H,1,11H2,2-5H3,(H,20,21)(H,22,23). The number of anilines is 2. The van der Waals surface area contributed by atoms with Gasteiger partial charge in [-0.25, -0.2) is 4.98 Å². The van der Waals surface area contributed by atoms with E-state index in [9.17, 15) is 4.79 Å². The highest BCUT2D eigenvalue weighted by Crippen LogP contribution is 2.18. The summed E-state index contributed by atoms with van der Waals surface area (Å²) in [5, 5.41) is 6.06. The minimum absolute atomic E-state index is 0.196. The van der Waals surface area contributed by atoms with Crippen LogP contribution in [0.4, 0.5) is 11.5 Å². The molecule has 2 rings (SSSR count). The first-order chi connectivity index (χ1) is 10.9. The van der Waals surface area contributed by atoms with Crippen LogP contribution in [-0.4, -0.2) is 10.9 Å². The third kappa shape index (κ3) is 4.42. The van der Waals surface area contributed by atoms with E-state index >= 15 is 0 Å². The van der Waals surface area contributed by atoms with Gasteiger partial charge in [0.25, 0.3) is 5.91 Å². The number of carbonyl (C=O) groups is 1. The molecule has 0 saturated carbocycles. The molecule has 2 N–H and O–H groups in total. The van der Waals surface area contributed by atoms with Crippen molar-refractivity contribution in [3.8, 4) is 0 Å². The molecule has 1 aromatic carbocycles. The van der Waals surface area contributed by atoms with Gasteiger partial charge in [-0.15, -0.1) is 0 Å². The minimum Gasteiger partial charge on any atom is -0.366 e. The second-order valence-corrected chi connectivity index (χ2v) is 5.90. The largest absolute Gasteiger partial charge is 0.366 e. The number of nitrogens with one attached hydrogen (secondary N) is 2. The quantitative estimate of drug-likeness (QED) is 0.816. The fraction of sp³-hybridized carbons (Fsp3) is 0.263. The number of carbonyl (C=O) groups excluding carboxylic acids is 1. The Morgan fingerprint density at radius 3 is 2.35 bits per heavy atom. The van der Waals surface area contributed by atoms with Crippen molar-refractivity contribution in [2.45, 2.75) is 34.2 Å². The highest BCUT2D eigenvalue weighted by atomic mass is 16.1. The maximum absolute atomic E-state index is 11.6. The number of hydrogen-bond acceptors (Lipinski definition) is 3. The van der Waals surface area contributed by atoms with Crippen LogP contribution in [0.15, 0.2) is 42.6 Å². The van der Waals surface area contributed by atoms with Crippen LogP contribution in [0.3, 0.4) is 0 Å². The minimum atomic E-state index is -0.196. The van der Waals surface area contributed by atoms with Gasteiger partial charge in [-0.1, -0.05) is 24.3 Å². The van der Waals surface area contributed by atoms with Gasteiger partial charge in [-0.2, -0.15) is 0 Å². The molecule has 0 saturated heterocycles. The highest BCUT2D eigenvalue weighted by molar-refractivity contribution is 6.02. The number of benzene rings is 1. The van der Waals surface area contributed by atoms with Crippen molar-refractivity contribution in [3.05, 3.63) is 64.9 Å². The van der Waals surface area contributed by atoms with Crippen LogP contribution in [0, 0.1) is 20.8 Å². The number of pyridine rings is 1. The van der Waals surface area contributed by atoms with E-state index in [2.05, 4.69) is 55.1 Å². The van der Waals surface area contributed by atoms with Gasteiger partial charge in [-0.3, -0.25) is 4.79 Å². The molecule has 1 aromatic heterocycles. The molecule has 2 aromatic rings. The lowest BCUT2D eigenvalue weighted by Crippen LogP contribution is -2.12. The second kappa shape index (κ2) is 7.09. The van der Waals surface area contributed by atoms with E-state index in [0.29, 0.717) is 11.3 Å². The van der Waals surface area contributed by atoms with E-state index in [-0.39, 0.29) is 5.91 Å². The first kappa shape index (κ1) is 16.7. The summed E-state index contributed by atoms with van der Waals surface area (Å²) in [5.41, 5.74) is 6.25. The molecule has 0 bridgehead atoms. The Morgan fingerprint density at radius 1 is 1.17 bits per heavy atom. The summed E-state index contributed by atoms with van der Waals surface area (Å²) in [6.07, 6.45) is 1.64. The number of amides is 1. The van der Waals surface area contributed by atoms with Crippen molar-refractivity contribution in [3.63, 3.8) is 0 Å². The molecule has 120 valence electrons. The highest BCUT2D eigenvalue weighted by Gasteiger charge is 2.05. The Kier molecular flexibility index (Phi) is 5.16. The summed E-state index contributed by atoms with van der Waals surface area (Å²) in [4.78, 5) is 15.9. The zero-order valence-electron chi connectivity index (χ0n) is 14.2. The normalized spacial score (nSPS) is 10.3. The van der Waals surface area contributed by atoms with Crippen molar-refractivity contribution in [2.75, 3.05) is 10.6 Å². The van der Waals surface area contributed by atoms with Crippen LogP contribution in [0.2, 0.25) is 0 Å². The molecule has 1 heterocycles. The summed E-state index contributed by atoms with van der Waals surface area (Å²) >= 11 is 0. The first-order valence-electron chi connectivity index (χ1n) is 7.60. The fourth-order valence-corrected chi connectivity index (χ4v) is 2.48. The molecule has 0 atom stereocenters. The van der Waals surface area contributed by atoms with E-state index in [1.807, 2.05) is 12.1 Å². The van der Waals surface area contributed by atoms with E-state index < -0.39 is 0 Å². The van der Waals surface area contributed by atoms with Gasteiger partial charge in [0.2, 0.25) is 0 Å². The molecule has 0 unspecified atom stereocenters. The summed E-state index contributed by atoms with van der Waals surface area (Å²) in [5.74, 6) is 0.580. The molecule has 0 aliphatic rings. The van der Waals surface area contributed by atoms with E-state index in [4.69, 9.17) is 0 Å². The molecule has 4 heteroatoms. The molecule has 0 spiro atoms. The van der Waals surface area contributed by atoms with Gasteiger partial charge >= 0.3 is 0 Å². The van der Waals surface area contributed by atoms with Crippen molar-refractivity contribution in [1.82, 2.24) is 4.98 Å². The van der Waals surface area contributed by atoms with Gasteiger partial charge < -0.3 is 10.6 Å². The Balaban J connectivity index is 2.02. The van der Waals surface area contributed by atoms with E-state index in [0.717, 1.165) is 12.4 Å². The monoisotopic (exact) mass is 309 g/mol. The molecular weight excluding hydrogens is 286 g/mol. The SMILES string of the molecule is C=C(C)C(=O)Nc1ccc(NCc2c(C)cc(C)cc2C)nc1. The van der Waals surface area contributed by atoms with Crippen molar-refractivity contribution < 1.29 is 4.79 Å². The van der Waals surface area contributed by atoms with E-state index in [1.165, 1.54) is 22.3 Å². The predicted molar refractivity (Wildman–Crippen MR) is 95.7 cm³/mol.